The van der Waals surface area contributed by atoms with Crippen molar-refractivity contribution in [2.75, 3.05) is 18.0 Å². The molecule has 37 heavy (non-hydrogen) atoms. The van der Waals surface area contributed by atoms with Gasteiger partial charge in [-0.05, 0) is 77.8 Å². The summed E-state index contributed by atoms with van der Waals surface area (Å²) >= 11 is 3.59. The zero-order valence-electron chi connectivity index (χ0n) is 20.7. The lowest BCUT2D eigenvalue weighted by molar-refractivity contribution is 0.0955. The number of anilines is 1. The molecule has 1 heterocycles. The fraction of sp³-hybridized carbons (Fsp3) is 0.226. The van der Waals surface area contributed by atoms with Gasteiger partial charge < -0.3 is 16.0 Å². The summed E-state index contributed by atoms with van der Waals surface area (Å²) in [5.41, 5.74) is 13.3. The fourth-order valence-corrected chi connectivity index (χ4v) is 5.60. The first-order valence-electron chi connectivity index (χ1n) is 12.7. The van der Waals surface area contributed by atoms with Crippen molar-refractivity contribution < 1.29 is 9.59 Å². The maximum absolute atomic E-state index is 12.9. The van der Waals surface area contributed by atoms with Crippen LogP contribution in [0.25, 0.3) is 11.1 Å². The standard InChI is InChI=1S/C31H30BrN3O2/c32-28-10-4-1-6-25(28)19-34-31(37)24-15-16-29-23(18-24)7-5-17-35(29)20-21-11-13-22(14-12-21)26-8-2-3-9-27(26)30(33)36/h2-3,6,8-16,18H,1,4-5,7,17,19-20H2,(H2,33,36)(H,34,37). The Hall–Kier alpha value is -3.64. The summed E-state index contributed by atoms with van der Waals surface area (Å²) in [5, 5.41) is 3.07. The average Bonchev–Trinajstić information content (AvgIpc) is 2.93. The van der Waals surface area contributed by atoms with Gasteiger partial charge in [-0.3, -0.25) is 9.59 Å². The third-order valence-electron chi connectivity index (χ3n) is 7.01. The first-order valence-corrected chi connectivity index (χ1v) is 13.5. The number of carbonyl (C=O) groups excluding carboxylic acids is 2. The Morgan fingerprint density at radius 1 is 0.973 bits per heavy atom. The molecule has 0 radical (unpaired) electrons. The minimum Gasteiger partial charge on any atom is -0.367 e. The van der Waals surface area contributed by atoms with Gasteiger partial charge in [0, 0.05) is 40.9 Å². The number of benzene rings is 3. The van der Waals surface area contributed by atoms with Crippen molar-refractivity contribution in [2.24, 2.45) is 5.73 Å². The average molecular weight is 557 g/mol. The summed E-state index contributed by atoms with van der Waals surface area (Å²) in [6.07, 6.45) is 8.40. The van der Waals surface area contributed by atoms with Gasteiger partial charge in [-0.25, -0.2) is 0 Å². The Morgan fingerprint density at radius 3 is 2.54 bits per heavy atom. The van der Waals surface area contributed by atoms with E-state index in [2.05, 4.69) is 56.5 Å². The summed E-state index contributed by atoms with van der Waals surface area (Å²) in [4.78, 5) is 27.0. The molecule has 3 N–H and O–H groups in total. The van der Waals surface area contributed by atoms with Gasteiger partial charge in [0.15, 0.2) is 0 Å². The first-order chi connectivity index (χ1) is 18.0. The number of fused-ring (bicyclic) bond motifs is 1. The number of amides is 2. The molecule has 188 valence electrons. The van der Waals surface area contributed by atoms with Crippen LogP contribution in [0.3, 0.4) is 0 Å². The molecule has 6 heteroatoms. The Labute approximate surface area is 226 Å². The van der Waals surface area contributed by atoms with E-state index in [0.717, 1.165) is 60.0 Å². The van der Waals surface area contributed by atoms with Crippen LogP contribution in [0.1, 0.15) is 51.1 Å². The number of aryl methyl sites for hydroxylation is 1. The van der Waals surface area contributed by atoms with Crippen LogP contribution in [0, 0.1) is 0 Å². The summed E-state index contributed by atoms with van der Waals surface area (Å²) in [7, 11) is 0. The van der Waals surface area contributed by atoms with Gasteiger partial charge in [0.05, 0.1) is 0 Å². The zero-order valence-corrected chi connectivity index (χ0v) is 22.3. The van der Waals surface area contributed by atoms with E-state index in [1.165, 1.54) is 16.8 Å². The van der Waals surface area contributed by atoms with Crippen LogP contribution in [0.5, 0.6) is 0 Å². The third-order valence-corrected chi connectivity index (χ3v) is 7.85. The number of halogens is 1. The van der Waals surface area contributed by atoms with Crippen molar-refractivity contribution in [3.8, 4) is 11.1 Å². The molecular weight excluding hydrogens is 526 g/mol. The van der Waals surface area contributed by atoms with E-state index in [0.29, 0.717) is 17.7 Å². The van der Waals surface area contributed by atoms with Crippen molar-refractivity contribution >= 4 is 33.4 Å². The number of primary amides is 1. The Morgan fingerprint density at radius 2 is 1.76 bits per heavy atom. The van der Waals surface area contributed by atoms with E-state index < -0.39 is 5.91 Å². The van der Waals surface area contributed by atoms with Gasteiger partial charge in [0.2, 0.25) is 5.91 Å². The molecule has 0 aromatic heterocycles. The van der Waals surface area contributed by atoms with Gasteiger partial charge in [-0.1, -0.05) is 70.5 Å². The lowest BCUT2D eigenvalue weighted by atomic mass is 9.97. The molecular formula is C31H30BrN3O2. The van der Waals surface area contributed by atoms with Crippen LogP contribution in [0.4, 0.5) is 5.69 Å². The van der Waals surface area contributed by atoms with Crippen LogP contribution in [-0.2, 0) is 13.0 Å². The Bertz CT molecular complexity index is 1390. The maximum atomic E-state index is 12.9. The first kappa shape index (κ1) is 25.0. The van der Waals surface area contributed by atoms with E-state index >= 15 is 0 Å². The van der Waals surface area contributed by atoms with Gasteiger partial charge >= 0.3 is 0 Å². The predicted molar refractivity (Wildman–Crippen MR) is 153 cm³/mol. The minimum atomic E-state index is -0.423. The Kier molecular flexibility index (Phi) is 7.56. The third kappa shape index (κ3) is 5.70. The molecule has 0 unspecified atom stereocenters. The van der Waals surface area contributed by atoms with E-state index in [-0.39, 0.29) is 5.91 Å². The Balaban J connectivity index is 1.27. The van der Waals surface area contributed by atoms with Crippen LogP contribution >= 0.6 is 15.9 Å². The number of allylic oxidation sites excluding steroid dienone is 2. The van der Waals surface area contributed by atoms with Crippen LogP contribution < -0.4 is 16.0 Å². The molecule has 2 aliphatic rings. The number of carbonyl (C=O) groups is 2. The lowest BCUT2D eigenvalue weighted by Gasteiger charge is -2.32. The molecule has 5 rings (SSSR count). The lowest BCUT2D eigenvalue weighted by Crippen LogP contribution is -2.30. The normalized spacial score (nSPS) is 14.9. The monoisotopic (exact) mass is 555 g/mol. The summed E-state index contributed by atoms with van der Waals surface area (Å²) in [6.45, 7) is 2.28. The quantitative estimate of drug-likeness (QED) is 0.368. The summed E-state index contributed by atoms with van der Waals surface area (Å²) < 4.78 is 1.07. The summed E-state index contributed by atoms with van der Waals surface area (Å²) in [6, 6.07) is 21.8. The molecule has 3 aromatic rings. The van der Waals surface area contributed by atoms with E-state index in [4.69, 9.17) is 5.73 Å². The van der Waals surface area contributed by atoms with Crippen LogP contribution in [-0.4, -0.2) is 24.9 Å². The molecule has 0 atom stereocenters. The van der Waals surface area contributed by atoms with Gasteiger partial charge in [-0.2, -0.15) is 0 Å². The van der Waals surface area contributed by atoms with Gasteiger partial charge in [0.25, 0.3) is 5.91 Å². The number of nitrogens with zero attached hydrogens (tertiary/aromatic N) is 1. The molecule has 3 aromatic carbocycles. The van der Waals surface area contributed by atoms with E-state index in [1.807, 2.05) is 42.5 Å². The van der Waals surface area contributed by atoms with Crippen molar-refractivity contribution in [2.45, 2.75) is 32.2 Å². The number of nitrogens with one attached hydrogen (secondary N) is 1. The molecule has 1 aliphatic heterocycles. The smallest absolute Gasteiger partial charge is 0.251 e. The highest BCUT2D eigenvalue weighted by atomic mass is 79.9. The molecule has 1 aliphatic carbocycles. The van der Waals surface area contributed by atoms with Crippen LogP contribution in [0.15, 0.2) is 88.9 Å². The van der Waals surface area contributed by atoms with Crippen molar-refractivity contribution in [1.29, 1.82) is 0 Å². The zero-order chi connectivity index (χ0) is 25.8. The highest BCUT2D eigenvalue weighted by Gasteiger charge is 2.19. The molecule has 2 amide bonds. The van der Waals surface area contributed by atoms with Crippen molar-refractivity contribution in [1.82, 2.24) is 5.32 Å². The second-order valence-corrected chi connectivity index (χ2v) is 10.4. The summed E-state index contributed by atoms with van der Waals surface area (Å²) in [5.74, 6) is -0.466. The molecule has 0 saturated carbocycles. The van der Waals surface area contributed by atoms with Gasteiger partial charge in [0.1, 0.15) is 0 Å². The highest BCUT2D eigenvalue weighted by Crippen LogP contribution is 2.31. The number of nitrogens with two attached hydrogens (primary N) is 1. The minimum absolute atomic E-state index is 0.0430. The van der Waals surface area contributed by atoms with E-state index in [1.54, 1.807) is 6.07 Å². The fourth-order valence-electron chi connectivity index (χ4n) is 5.07. The van der Waals surface area contributed by atoms with Crippen molar-refractivity contribution in [3.63, 3.8) is 0 Å². The number of hydrogen-bond acceptors (Lipinski definition) is 3. The molecule has 0 fully saturated rings. The second-order valence-electron chi connectivity index (χ2n) is 9.52. The van der Waals surface area contributed by atoms with Crippen molar-refractivity contribution in [3.05, 3.63) is 111 Å². The van der Waals surface area contributed by atoms with Gasteiger partial charge in [-0.15, -0.1) is 0 Å². The molecule has 5 nitrogen and oxygen atoms in total. The topological polar surface area (TPSA) is 75.4 Å². The largest absolute Gasteiger partial charge is 0.367 e. The van der Waals surface area contributed by atoms with E-state index in [9.17, 15) is 9.59 Å². The molecule has 0 spiro atoms. The predicted octanol–water partition coefficient (Wildman–Crippen LogP) is 6.13. The van der Waals surface area contributed by atoms with Crippen LogP contribution in [0.2, 0.25) is 0 Å². The molecule has 0 bridgehead atoms. The second kappa shape index (κ2) is 11.2. The highest BCUT2D eigenvalue weighted by molar-refractivity contribution is 9.12. The number of hydrogen-bond donors (Lipinski definition) is 2. The number of rotatable bonds is 7. The SMILES string of the molecule is NC(=O)c1ccccc1-c1ccc(CN2CCCc3cc(C(=O)NCC4=CCCC=C4Br)ccc32)cc1. The molecule has 0 saturated heterocycles. The maximum Gasteiger partial charge on any atom is 0.251 e.